The second kappa shape index (κ2) is 4.87. The van der Waals surface area contributed by atoms with Gasteiger partial charge in [0.15, 0.2) is 5.78 Å². The number of fused-ring (bicyclic) bond motifs is 4. The molecule has 2 nitrogen and oxygen atoms in total. The Morgan fingerprint density at radius 2 is 1.38 bits per heavy atom. The lowest BCUT2D eigenvalue weighted by Gasteiger charge is -2.08. The number of pyridine rings is 1. The van der Waals surface area contributed by atoms with Crippen molar-refractivity contribution >= 4 is 16.6 Å². The van der Waals surface area contributed by atoms with Gasteiger partial charge in [-0.1, -0.05) is 54.6 Å². The highest BCUT2D eigenvalue weighted by Gasteiger charge is 2.26. The molecule has 0 aliphatic heterocycles. The summed E-state index contributed by atoms with van der Waals surface area (Å²) in [5.74, 6) is 0.114. The Hall–Kier alpha value is -3.26. The molecule has 1 heterocycles. The van der Waals surface area contributed by atoms with Crippen molar-refractivity contribution in [3.05, 3.63) is 90.3 Å². The number of hydrogen-bond donors (Lipinski definition) is 0. The first-order chi connectivity index (χ1) is 11.8. The summed E-state index contributed by atoms with van der Waals surface area (Å²) in [7, 11) is 0. The molecule has 0 spiro atoms. The van der Waals surface area contributed by atoms with Crippen molar-refractivity contribution in [1.29, 1.82) is 0 Å². The van der Waals surface area contributed by atoms with Crippen molar-refractivity contribution in [2.45, 2.75) is 0 Å². The molecule has 0 N–H and O–H groups in total. The van der Waals surface area contributed by atoms with E-state index in [1.165, 1.54) is 5.39 Å². The molecule has 1 aromatic heterocycles. The Morgan fingerprint density at radius 1 is 0.625 bits per heavy atom. The molecular weight excluding hydrogens is 294 g/mol. The fourth-order valence-corrected chi connectivity index (χ4v) is 3.54. The normalized spacial score (nSPS) is 12.2. The van der Waals surface area contributed by atoms with Crippen LogP contribution in [0.4, 0.5) is 0 Å². The van der Waals surface area contributed by atoms with Gasteiger partial charge in [0.2, 0.25) is 0 Å². The van der Waals surface area contributed by atoms with Gasteiger partial charge in [0.1, 0.15) is 0 Å². The van der Waals surface area contributed by atoms with E-state index < -0.39 is 0 Å². The van der Waals surface area contributed by atoms with Gasteiger partial charge in [0.25, 0.3) is 0 Å². The molecule has 1 aliphatic carbocycles. The average molecular weight is 307 g/mol. The second-order valence-corrected chi connectivity index (χ2v) is 6.04. The summed E-state index contributed by atoms with van der Waals surface area (Å²) in [6.07, 6.45) is 3.78. The van der Waals surface area contributed by atoms with Crippen LogP contribution >= 0.6 is 0 Å². The zero-order valence-electron chi connectivity index (χ0n) is 12.9. The van der Waals surface area contributed by atoms with Crippen LogP contribution in [0.5, 0.6) is 0 Å². The van der Waals surface area contributed by atoms with Gasteiger partial charge >= 0.3 is 0 Å². The maximum absolute atomic E-state index is 12.5. The molecule has 0 saturated carbocycles. The smallest absolute Gasteiger partial charge is 0.194 e. The van der Waals surface area contributed by atoms with Crippen LogP contribution in [0.15, 0.2) is 79.1 Å². The lowest BCUT2D eigenvalue weighted by atomic mass is 9.96. The van der Waals surface area contributed by atoms with E-state index in [0.29, 0.717) is 0 Å². The maximum atomic E-state index is 12.5. The van der Waals surface area contributed by atoms with Crippen LogP contribution in [-0.2, 0) is 0 Å². The molecule has 0 atom stereocenters. The minimum absolute atomic E-state index is 0.114. The highest BCUT2D eigenvalue weighted by atomic mass is 16.1. The molecule has 0 unspecified atom stereocenters. The summed E-state index contributed by atoms with van der Waals surface area (Å²) >= 11 is 0. The van der Waals surface area contributed by atoms with E-state index >= 15 is 0 Å². The summed E-state index contributed by atoms with van der Waals surface area (Å²) in [6.45, 7) is 0. The lowest BCUT2D eigenvalue weighted by Crippen LogP contribution is -1.94. The van der Waals surface area contributed by atoms with Gasteiger partial charge in [0, 0.05) is 34.5 Å². The number of hydrogen-bond acceptors (Lipinski definition) is 2. The summed E-state index contributed by atoms with van der Waals surface area (Å²) in [4.78, 5) is 16.9. The Labute approximate surface area is 139 Å². The highest BCUT2D eigenvalue weighted by Crippen LogP contribution is 2.39. The van der Waals surface area contributed by atoms with Gasteiger partial charge in [-0.05, 0) is 34.2 Å². The molecule has 0 radical (unpaired) electrons. The molecule has 3 aromatic carbocycles. The summed E-state index contributed by atoms with van der Waals surface area (Å²) < 4.78 is 0. The monoisotopic (exact) mass is 307 g/mol. The summed E-state index contributed by atoms with van der Waals surface area (Å²) in [5.41, 5.74) is 5.79. The fourth-order valence-electron chi connectivity index (χ4n) is 3.54. The Balaban J connectivity index is 1.77. The Kier molecular flexibility index (Phi) is 2.68. The van der Waals surface area contributed by atoms with Crippen molar-refractivity contribution in [1.82, 2.24) is 4.98 Å². The van der Waals surface area contributed by atoms with E-state index in [2.05, 4.69) is 23.2 Å². The first kappa shape index (κ1) is 13.2. The SMILES string of the molecule is O=C1c2ccccc2-c2cc(-c3cncc4ccccc34)ccc21. The third-order valence-electron chi connectivity index (χ3n) is 4.71. The van der Waals surface area contributed by atoms with Crippen LogP contribution in [-0.4, -0.2) is 10.8 Å². The van der Waals surface area contributed by atoms with E-state index in [1.54, 1.807) is 0 Å². The third kappa shape index (κ3) is 1.77. The van der Waals surface area contributed by atoms with E-state index in [-0.39, 0.29) is 5.78 Å². The maximum Gasteiger partial charge on any atom is 0.194 e. The topological polar surface area (TPSA) is 30.0 Å². The largest absolute Gasteiger partial charge is 0.289 e. The number of benzene rings is 3. The number of nitrogens with zero attached hydrogens (tertiary/aromatic N) is 1. The highest BCUT2D eigenvalue weighted by molar-refractivity contribution is 6.22. The van der Waals surface area contributed by atoms with Gasteiger partial charge in [0.05, 0.1) is 0 Å². The van der Waals surface area contributed by atoms with Gasteiger partial charge < -0.3 is 0 Å². The van der Waals surface area contributed by atoms with E-state index in [4.69, 9.17) is 0 Å². The van der Waals surface area contributed by atoms with Gasteiger partial charge in [-0.3, -0.25) is 9.78 Å². The second-order valence-electron chi connectivity index (χ2n) is 6.04. The van der Waals surface area contributed by atoms with Crippen LogP contribution in [0.25, 0.3) is 33.0 Å². The van der Waals surface area contributed by atoms with E-state index in [0.717, 1.165) is 38.8 Å². The van der Waals surface area contributed by atoms with Crippen molar-refractivity contribution in [2.75, 3.05) is 0 Å². The number of carbonyl (C=O) groups excluding carboxylic acids is 1. The predicted octanol–water partition coefficient (Wildman–Crippen LogP) is 5.11. The first-order valence-corrected chi connectivity index (χ1v) is 7.94. The predicted molar refractivity (Wildman–Crippen MR) is 96.0 cm³/mol. The number of ketones is 1. The van der Waals surface area contributed by atoms with Crippen LogP contribution in [0.1, 0.15) is 15.9 Å². The minimum atomic E-state index is 0.114. The minimum Gasteiger partial charge on any atom is -0.289 e. The molecule has 112 valence electrons. The van der Waals surface area contributed by atoms with Gasteiger partial charge in [-0.15, -0.1) is 0 Å². The lowest BCUT2D eigenvalue weighted by molar-refractivity contribution is 0.104. The van der Waals surface area contributed by atoms with Crippen molar-refractivity contribution in [2.24, 2.45) is 0 Å². The van der Waals surface area contributed by atoms with Crippen molar-refractivity contribution in [3.63, 3.8) is 0 Å². The molecule has 5 rings (SSSR count). The first-order valence-electron chi connectivity index (χ1n) is 7.94. The number of carbonyl (C=O) groups is 1. The quantitative estimate of drug-likeness (QED) is 0.430. The molecular formula is C22H13NO. The van der Waals surface area contributed by atoms with Gasteiger partial charge in [-0.2, -0.15) is 0 Å². The molecule has 0 fully saturated rings. The summed E-state index contributed by atoms with van der Waals surface area (Å²) in [6, 6.07) is 22.1. The fraction of sp³-hybridized carbons (Fsp3) is 0. The van der Waals surface area contributed by atoms with E-state index in [9.17, 15) is 4.79 Å². The molecule has 0 amide bonds. The average Bonchev–Trinajstić information content (AvgIpc) is 2.94. The number of rotatable bonds is 1. The zero-order chi connectivity index (χ0) is 16.1. The van der Waals surface area contributed by atoms with Crippen LogP contribution in [0, 0.1) is 0 Å². The zero-order valence-corrected chi connectivity index (χ0v) is 12.9. The summed E-state index contributed by atoms with van der Waals surface area (Å²) in [5, 5.41) is 2.29. The third-order valence-corrected chi connectivity index (χ3v) is 4.71. The van der Waals surface area contributed by atoms with Gasteiger partial charge in [-0.25, -0.2) is 0 Å². The molecule has 0 bridgehead atoms. The van der Waals surface area contributed by atoms with Crippen molar-refractivity contribution in [3.8, 4) is 22.3 Å². The molecule has 0 saturated heterocycles. The molecule has 24 heavy (non-hydrogen) atoms. The molecule has 4 aromatic rings. The van der Waals surface area contributed by atoms with Crippen molar-refractivity contribution < 1.29 is 4.79 Å². The van der Waals surface area contributed by atoms with Crippen LogP contribution in [0.2, 0.25) is 0 Å². The Morgan fingerprint density at radius 3 is 2.29 bits per heavy atom. The van der Waals surface area contributed by atoms with Crippen LogP contribution < -0.4 is 0 Å². The van der Waals surface area contributed by atoms with E-state index in [1.807, 2.05) is 60.9 Å². The molecule has 1 aliphatic rings. The standard InChI is InChI=1S/C22H13NO/c24-22-18-8-4-3-7-17(18)20-11-14(9-10-19(20)22)21-13-23-12-15-5-1-2-6-16(15)21/h1-13H. The van der Waals surface area contributed by atoms with Crippen LogP contribution in [0.3, 0.4) is 0 Å². The molecule has 2 heteroatoms. The Bertz CT molecular complexity index is 1120. The number of aromatic nitrogens is 1.